The molecule has 0 saturated heterocycles. The van der Waals surface area contributed by atoms with Gasteiger partial charge in [-0.15, -0.1) is 0 Å². The highest BCUT2D eigenvalue weighted by atomic mass is 16.5. The molecule has 0 unspecified atom stereocenters. The van der Waals surface area contributed by atoms with Gasteiger partial charge in [-0.25, -0.2) is 4.79 Å². The summed E-state index contributed by atoms with van der Waals surface area (Å²) in [4.78, 5) is 14.4. The molecule has 0 atom stereocenters. The van der Waals surface area contributed by atoms with Gasteiger partial charge in [0.15, 0.2) is 11.5 Å². The monoisotopic (exact) mass is 235 g/mol. The molecule has 0 fully saturated rings. The second kappa shape index (κ2) is 4.37. The number of phenolic OH excluding ortho intramolecular Hbond substituents is 1. The molecule has 5 heteroatoms. The number of rotatable bonds is 3. The van der Waals surface area contributed by atoms with E-state index in [1.165, 1.54) is 13.2 Å². The predicted molar refractivity (Wildman–Crippen MR) is 62.5 cm³/mol. The van der Waals surface area contributed by atoms with Gasteiger partial charge in [0.25, 0.3) is 0 Å². The number of H-pyrrole nitrogens is 1. The summed E-state index contributed by atoms with van der Waals surface area (Å²) in [7, 11) is 1.47. The van der Waals surface area contributed by atoms with Gasteiger partial charge in [0.1, 0.15) is 5.69 Å². The fourth-order valence-electron chi connectivity index (χ4n) is 1.63. The van der Waals surface area contributed by atoms with Gasteiger partial charge in [-0.05, 0) is 19.1 Å². The Morgan fingerprint density at radius 3 is 2.82 bits per heavy atom. The Bertz CT molecular complexity index is 559. The van der Waals surface area contributed by atoms with E-state index in [9.17, 15) is 9.90 Å². The summed E-state index contributed by atoms with van der Waals surface area (Å²) in [5, 5.41) is 10.3. The van der Waals surface area contributed by atoms with Crippen LogP contribution in [0.1, 0.15) is 17.4 Å². The number of aromatic nitrogens is 1. The molecule has 1 aromatic heterocycles. The zero-order chi connectivity index (χ0) is 12.4. The summed E-state index contributed by atoms with van der Waals surface area (Å²) in [5.74, 6) is -0.0219. The fraction of sp³-hybridized carbons (Fsp3) is 0.250. The molecule has 1 aromatic carbocycles. The maximum Gasteiger partial charge on any atom is 0.354 e. The van der Waals surface area contributed by atoms with Crippen LogP contribution in [0.5, 0.6) is 11.5 Å². The number of carbonyl (C=O) groups excluding carboxylic acids is 1. The van der Waals surface area contributed by atoms with Crippen LogP contribution in [0.15, 0.2) is 18.2 Å². The van der Waals surface area contributed by atoms with Gasteiger partial charge in [-0.3, -0.25) is 0 Å². The number of aromatic hydroxyl groups is 1. The predicted octanol–water partition coefficient (Wildman–Crippen LogP) is 2.06. The van der Waals surface area contributed by atoms with E-state index >= 15 is 0 Å². The highest BCUT2D eigenvalue weighted by Crippen LogP contribution is 2.31. The van der Waals surface area contributed by atoms with Crippen LogP contribution in [-0.4, -0.2) is 29.8 Å². The van der Waals surface area contributed by atoms with Crippen LogP contribution in [0, 0.1) is 0 Å². The van der Waals surface area contributed by atoms with Crippen LogP contribution in [0.3, 0.4) is 0 Å². The number of fused-ring (bicyclic) bond motifs is 1. The SMILES string of the molecule is CCOC(=O)c1cc2cc(O)c(OC)cc2[nH]1. The van der Waals surface area contributed by atoms with Crippen molar-refractivity contribution >= 4 is 16.9 Å². The third kappa shape index (κ3) is 2.04. The Labute approximate surface area is 98.0 Å². The molecule has 5 nitrogen and oxygen atoms in total. The Morgan fingerprint density at radius 2 is 2.18 bits per heavy atom. The van der Waals surface area contributed by atoms with E-state index in [4.69, 9.17) is 9.47 Å². The molecule has 2 aromatic rings. The lowest BCUT2D eigenvalue weighted by Gasteiger charge is -2.02. The average molecular weight is 235 g/mol. The fourth-order valence-corrected chi connectivity index (χ4v) is 1.63. The van der Waals surface area contributed by atoms with E-state index in [0.717, 1.165) is 5.39 Å². The summed E-state index contributed by atoms with van der Waals surface area (Å²) >= 11 is 0. The number of carbonyl (C=O) groups is 1. The summed E-state index contributed by atoms with van der Waals surface area (Å²) in [6, 6.07) is 4.80. The summed E-state index contributed by atoms with van der Waals surface area (Å²) in [5.41, 5.74) is 1.07. The van der Waals surface area contributed by atoms with Crippen molar-refractivity contribution in [3.8, 4) is 11.5 Å². The lowest BCUT2D eigenvalue weighted by atomic mass is 10.2. The van der Waals surface area contributed by atoms with Crippen LogP contribution >= 0.6 is 0 Å². The standard InChI is InChI=1S/C12H13NO4/c1-3-17-12(15)9-4-7-5-10(14)11(16-2)6-8(7)13-9/h4-6,13-14H,3H2,1-2H3. The number of methoxy groups -OCH3 is 1. The molecule has 90 valence electrons. The van der Waals surface area contributed by atoms with Crippen LogP contribution in [0.2, 0.25) is 0 Å². The topological polar surface area (TPSA) is 71.6 Å². The Hall–Kier alpha value is -2.17. The van der Waals surface area contributed by atoms with Crippen molar-refractivity contribution in [3.63, 3.8) is 0 Å². The van der Waals surface area contributed by atoms with Crippen LogP contribution < -0.4 is 4.74 Å². The van der Waals surface area contributed by atoms with Crippen molar-refractivity contribution in [2.24, 2.45) is 0 Å². The lowest BCUT2D eigenvalue weighted by molar-refractivity contribution is 0.0520. The maximum absolute atomic E-state index is 11.5. The molecule has 0 aliphatic rings. The molecule has 0 saturated carbocycles. The van der Waals surface area contributed by atoms with Gasteiger partial charge in [-0.2, -0.15) is 0 Å². The number of hydrogen-bond acceptors (Lipinski definition) is 4. The van der Waals surface area contributed by atoms with Crippen molar-refractivity contribution in [2.75, 3.05) is 13.7 Å². The summed E-state index contributed by atoms with van der Waals surface area (Å²) in [6.07, 6.45) is 0. The van der Waals surface area contributed by atoms with E-state index in [-0.39, 0.29) is 5.75 Å². The molecular formula is C12H13NO4. The van der Waals surface area contributed by atoms with Gasteiger partial charge < -0.3 is 19.6 Å². The number of esters is 1. The van der Waals surface area contributed by atoms with Crippen LogP contribution in [0.25, 0.3) is 10.9 Å². The number of phenols is 1. The second-order valence-corrected chi connectivity index (χ2v) is 3.51. The molecule has 0 bridgehead atoms. The van der Waals surface area contributed by atoms with Crippen molar-refractivity contribution < 1.29 is 19.4 Å². The summed E-state index contributed by atoms with van der Waals surface area (Å²) in [6.45, 7) is 2.07. The van der Waals surface area contributed by atoms with E-state index in [0.29, 0.717) is 23.6 Å². The molecule has 2 rings (SSSR count). The number of benzene rings is 1. The zero-order valence-corrected chi connectivity index (χ0v) is 9.61. The third-order valence-electron chi connectivity index (χ3n) is 2.42. The van der Waals surface area contributed by atoms with Crippen LogP contribution in [-0.2, 0) is 4.74 Å². The van der Waals surface area contributed by atoms with E-state index < -0.39 is 5.97 Å². The highest BCUT2D eigenvalue weighted by Gasteiger charge is 2.12. The van der Waals surface area contributed by atoms with Crippen molar-refractivity contribution in [1.82, 2.24) is 4.98 Å². The molecule has 0 spiro atoms. The molecule has 2 N–H and O–H groups in total. The number of hydrogen-bond donors (Lipinski definition) is 2. The van der Waals surface area contributed by atoms with E-state index in [2.05, 4.69) is 4.98 Å². The van der Waals surface area contributed by atoms with Crippen LogP contribution in [0.4, 0.5) is 0 Å². The number of aromatic amines is 1. The first-order valence-corrected chi connectivity index (χ1v) is 5.22. The lowest BCUT2D eigenvalue weighted by Crippen LogP contribution is -2.04. The van der Waals surface area contributed by atoms with E-state index in [1.54, 1.807) is 19.1 Å². The van der Waals surface area contributed by atoms with Gasteiger partial charge in [0.05, 0.1) is 19.2 Å². The average Bonchev–Trinajstić information content (AvgIpc) is 2.71. The normalized spacial score (nSPS) is 10.5. The minimum atomic E-state index is -0.415. The van der Waals surface area contributed by atoms with Gasteiger partial charge in [0.2, 0.25) is 0 Å². The molecule has 1 heterocycles. The first-order valence-electron chi connectivity index (χ1n) is 5.22. The first-order chi connectivity index (χ1) is 8.15. The Kier molecular flexibility index (Phi) is 2.91. The third-order valence-corrected chi connectivity index (χ3v) is 2.42. The highest BCUT2D eigenvalue weighted by molar-refractivity contribution is 5.95. The quantitative estimate of drug-likeness (QED) is 0.799. The van der Waals surface area contributed by atoms with Crippen molar-refractivity contribution in [1.29, 1.82) is 0 Å². The zero-order valence-electron chi connectivity index (χ0n) is 9.61. The summed E-state index contributed by atoms with van der Waals surface area (Å²) < 4.78 is 9.86. The smallest absolute Gasteiger partial charge is 0.354 e. The largest absolute Gasteiger partial charge is 0.504 e. The molecule has 0 aliphatic heterocycles. The van der Waals surface area contributed by atoms with E-state index in [1.807, 2.05) is 0 Å². The van der Waals surface area contributed by atoms with Gasteiger partial charge >= 0.3 is 5.97 Å². The maximum atomic E-state index is 11.5. The molecular weight excluding hydrogens is 222 g/mol. The molecule has 0 radical (unpaired) electrons. The van der Waals surface area contributed by atoms with Crippen molar-refractivity contribution in [2.45, 2.75) is 6.92 Å². The molecule has 17 heavy (non-hydrogen) atoms. The molecule has 0 aliphatic carbocycles. The minimum absolute atomic E-state index is 0.0365. The minimum Gasteiger partial charge on any atom is -0.504 e. The van der Waals surface area contributed by atoms with Gasteiger partial charge in [-0.1, -0.05) is 0 Å². The number of ether oxygens (including phenoxy) is 2. The Balaban J connectivity index is 2.47. The first kappa shape index (κ1) is 11.3. The van der Waals surface area contributed by atoms with Gasteiger partial charge in [0, 0.05) is 11.5 Å². The molecule has 0 amide bonds. The number of nitrogens with one attached hydrogen (secondary N) is 1. The Morgan fingerprint density at radius 1 is 1.41 bits per heavy atom. The van der Waals surface area contributed by atoms with Crippen molar-refractivity contribution in [3.05, 3.63) is 23.9 Å². The second-order valence-electron chi connectivity index (χ2n) is 3.51.